The van der Waals surface area contributed by atoms with Gasteiger partial charge >= 0.3 is 5.97 Å². The molecule has 1 saturated heterocycles. The predicted octanol–water partition coefficient (Wildman–Crippen LogP) is -0.256. The van der Waals surface area contributed by atoms with Crippen molar-refractivity contribution in [3.05, 3.63) is 29.8 Å². The van der Waals surface area contributed by atoms with Crippen LogP contribution in [-0.2, 0) is 19.6 Å². The third-order valence-corrected chi connectivity index (χ3v) is 5.71. The van der Waals surface area contributed by atoms with Gasteiger partial charge in [-0.25, -0.2) is 8.42 Å². The number of nitrogens with one attached hydrogen (secondary N) is 1. The number of hydrogen-bond donors (Lipinski definition) is 2. The summed E-state index contributed by atoms with van der Waals surface area (Å²) in [6.07, 6.45) is 0.600. The van der Waals surface area contributed by atoms with Crippen LogP contribution in [0.25, 0.3) is 0 Å². The van der Waals surface area contributed by atoms with Gasteiger partial charge in [0.25, 0.3) is 5.91 Å². The van der Waals surface area contributed by atoms with Crippen LogP contribution in [0.3, 0.4) is 0 Å². The predicted molar refractivity (Wildman–Crippen MR) is 92.0 cm³/mol. The monoisotopic (exact) mass is 383 g/mol. The number of aliphatic carboxylic acids is 1. The molecule has 0 aromatic heterocycles. The fourth-order valence-electron chi connectivity index (χ4n) is 2.61. The number of hydrogen-bond acceptors (Lipinski definition) is 5. The number of benzene rings is 1. The van der Waals surface area contributed by atoms with Gasteiger partial charge in [-0.1, -0.05) is 6.92 Å². The lowest BCUT2D eigenvalue weighted by molar-refractivity contribution is -0.137. The minimum atomic E-state index is -3.83. The smallest absolute Gasteiger partial charge is 0.323 e. The molecule has 1 aliphatic rings. The number of nitrogens with zero attached hydrogens (tertiary/aromatic N) is 2. The number of piperazine rings is 1. The van der Waals surface area contributed by atoms with Crippen molar-refractivity contribution in [2.24, 2.45) is 0 Å². The number of sulfonamides is 1. The van der Waals surface area contributed by atoms with Gasteiger partial charge in [0.1, 0.15) is 6.54 Å². The van der Waals surface area contributed by atoms with E-state index in [2.05, 4.69) is 5.32 Å². The summed E-state index contributed by atoms with van der Waals surface area (Å²) >= 11 is 0. The van der Waals surface area contributed by atoms with Crippen LogP contribution in [0.4, 0.5) is 0 Å². The second-order valence-electron chi connectivity index (χ2n) is 5.83. The maximum Gasteiger partial charge on any atom is 0.323 e. The molecule has 9 nitrogen and oxygen atoms in total. The van der Waals surface area contributed by atoms with Crippen molar-refractivity contribution in [2.75, 3.05) is 32.7 Å². The summed E-state index contributed by atoms with van der Waals surface area (Å²) in [5, 5.41) is 11.5. The minimum Gasteiger partial charge on any atom is -0.480 e. The number of carboxylic acids is 1. The molecular weight excluding hydrogens is 362 g/mol. The lowest BCUT2D eigenvalue weighted by Crippen LogP contribution is -2.49. The van der Waals surface area contributed by atoms with Crippen molar-refractivity contribution >= 4 is 27.8 Å². The van der Waals surface area contributed by atoms with Gasteiger partial charge in [0, 0.05) is 25.2 Å². The summed E-state index contributed by atoms with van der Waals surface area (Å²) in [5.41, 5.74) is 0.204. The van der Waals surface area contributed by atoms with Gasteiger partial charge in [0.2, 0.25) is 15.9 Å². The molecule has 10 heteroatoms. The molecule has 0 unspecified atom stereocenters. The topological polar surface area (TPSA) is 124 Å². The van der Waals surface area contributed by atoms with E-state index in [1.807, 2.05) is 6.92 Å². The first-order chi connectivity index (χ1) is 12.3. The van der Waals surface area contributed by atoms with Crippen LogP contribution in [0, 0.1) is 0 Å². The Hall–Kier alpha value is -2.46. The lowest BCUT2D eigenvalue weighted by atomic mass is 10.2. The van der Waals surface area contributed by atoms with Crippen molar-refractivity contribution in [3.63, 3.8) is 0 Å². The zero-order valence-corrected chi connectivity index (χ0v) is 15.2. The molecule has 1 fully saturated rings. The van der Waals surface area contributed by atoms with Crippen LogP contribution in [0.15, 0.2) is 29.2 Å². The molecule has 142 valence electrons. The van der Waals surface area contributed by atoms with Crippen molar-refractivity contribution in [1.29, 1.82) is 0 Å². The van der Waals surface area contributed by atoms with Crippen LogP contribution < -0.4 is 5.32 Å². The van der Waals surface area contributed by atoms with E-state index >= 15 is 0 Å². The van der Waals surface area contributed by atoms with Crippen LogP contribution in [0.5, 0.6) is 0 Å². The van der Waals surface area contributed by atoms with Crippen LogP contribution in [0.2, 0.25) is 0 Å². The Morgan fingerprint density at radius 1 is 1.27 bits per heavy atom. The Morgan fingerprint density at radius 2 is 1.92 bits per heavy atom. The molecule has 1 aliphatic heterocycles. The molecule has 2 rings (SSSR count). The molecule has 2 amide bonds. The van der Waals surface area contributed by atoms with E-state index in [4.69, 9.17) is 5.11 Å². The fourth-order valence-corrected chi connectivity index (χ4v) is 4.00. The standard InChI is InChI=1S/C16H21N3O6S/c1-2-8-18(11-15(21)22)16(23)12-3-5-13(6-4-12)26(24,25)19-9-7-17-14(20)10-19/h3-6H,2,7-11H2,1H3,(H,17,20)(H,21,22). The van der Waals surface area contributed by atoms with Crippen molar-refractivity contribution in [3.8, 4) is 0 Å². The summed E-state index contributed by atoms with van der Waals surface area (Å²) in [5.74, 6) is -1.96. The molecule has 2 N–H and O–H groups in total. The summed E-state index contributed by atoms with van der Waals surface area (Å²) in [6, 6.07) is 5.29. The van der Waals surface area contributed by atoms with E-state index in [1.54, 1.807) is 0 Å². The van der Waals surface area contributed by atoms with Gasteiger partial charge in [-0.3, -0.25) is 14.4 Å². The SMILES string of the molecule is CCCN(CC(=O)O)C(=O)c1ccc(S(=O)(=O)N2CCNC(=O)C2)cc1. The zero-order chi connectivity index (χ0) is 19.3. The molecule has 1 aromatic carbocycles. The molecule has 0 spiro atoms. The number of amides is 2. The van der Waals surface area contributed by atoms with E-state index in [9.17, 15) is 22.8 Å². The first-order valence-corrected chi connectivity index (χ1v) is 9.57. The Labute approximate surface area is 151 Å². The highest BCUT2D eigenvalue weighted by molar-refractivity contribution is 7.89. The molecule has 0 saturated carbocycles. The van der Waals surface area contributed by atoms with E-state index in [0.29, 0.717) is 6.42 Å². The van der Waals surface area contributed by atoms with Gasteiger partial charge < -0.3 is 15.3 Å². The normalized spacial score (nSPS) is 15.3. The fraction of sp³-hybridized carbons (Fsp3) is 0.438. The van der Waals surface area contributed by atoms with Gasteiger partial charge in [-0.05, 0) is 30.7 Å². The second kappa shape index (κ2) is 8.28. The molecular formula is C16H21N3O6S. The largest absolute Gasteiger partial charge is 0.480 e. The van der Waals surface area contributed by atoms with Crippen molar-refractivity contribution in [1.82, 2.24) is 14.5 Å². The Balaban J connectivity index is 2.19. The molecule has 0 radical (unpaired) electrons. The molecule has 0 atom stereocenters. The maximum atomic E-state index is 12.6. The average molecular weight is 383 g/mol. The van der Waals surface area contributed by atoms with Crippen LogP contribution >= 0.6 is 0 Å². The van der Waals surface area contributed by atoms with Gasteiger partial charge in [-0.2, -0.15) is 4.31 Å². The van der Waals surface area contributed by atoms with Crippen molar-refractivity contribution < 1.29 is 27.9 Å². The first kappa shape index (κ1) is 19.9. The summed E-state index contributed by atoms with van der Waals surface area (Å²) < 4.78 is 26.2. The molecule has 0 bridgehead atoms. The zero-order valence-electron chi connectivity index (χ0n) is 14.3. The Bertz CT molecular complexity index is 791. The quantitative estimate of drug-likeness (QED) is 0.669. The minimum absolute atomic E-state index is 0.0240. The summed E-state index contributed by atoms with van der Waals surface area (Å²) in [6.45, 7) is 1.87. The summed E-state index contributed by atoms with van der Waals surface area (Å²) in [4.78, 5) is 35.9. The average Bonchev–Trinajstić information content (AvgIpc) is 2.60. The lowest BCUT2D eigenvalue weighted by Gasteiger charge is -2.26. The number of rotatable bonds is 7. The number of carboxylic acid groups (broad SMARTS) is 1. The molecule has 1 heterocycles. The highest BCUT2D eigenvalue weighted by atomic mass is 32.2. The molecule has 1 aromatic rings. The summed E-state index contributed by atoms with van der Waals surface area (Å²) in [7, 11) is -3.83. The molecule has 26 heavy (non-hydrogen) atoms. The van der Waals surface area contributed by atoms with Crippen LogP contribution in [-0.4, -0.2) is 73.2 Å². The van der Waals surface area contributed by atoms with Gasteiger partial charge in [-0.15, -0.1) is 0 Å². The first-order valence-electron chi connectivity index (χ1n) is 8.13. The third kappa shape index (κ3) is 4.58. The Kier molecular flexibility index (Phi) is 6.32. The number of carbonyl (C=O) groups excluding carboxylic acids is 2. The van der Waals surface area contributed by atoms with E-state index in [-0.39, 0.29) is 42.5 Å². The second-order valence-corrected chi connectivity index (χ2v) is 7.77. The van der Waals surface area contributed by atoms with Crippen molar-refractivity contribution in [2.45, 2.75) is 18.2 Å². The van der Waals surface area contributed by atoms with Gasteiger partial charge in [0.05, 0.1) is 11.4 Å². The maximum absolute atomic E-state index is 12.6. The Morgan fingerprint density at radius 3 is 2.46 bits per heavy atom. The van der Waals surface area contributed by atoms with E-state index < -0.39 is 28.4 Å². The highest BCUT2D eigenvalue weighted by Crippen LogP contribution is 2.18. The highest BCUT2D eigenvalue weighted by Gasteiger charge is 2.29. The van der Waals surface area contributed by atoms with Crippen LogP contribution in [0.1, 0.15) is 23.7 Å². The van der Waals surface area contributed by atoms with E-state index in [0.717, 1.165) is 4.31 Å². The van der Waals surface area contributed by atoms with Gasteiger partial charge in [0.15, 0.2) is 0 Å². The molecule has 0 aliphatic carbocycles. The third-order valence-electron chi connectivity index (χ3n) is 3.85. The number of carbonyl (C=O) groups is 3. The van der Waals surface area contributed by atoms with E-state index in [1.165, 1.54) is 29.2 Å².